The second kappa shape index (κ2) is 15.2. The molecule has 2 aliphatic heterocycles. The van der Waals surface area contributed by atoms with E-state index in [1.165, 1.54) is 6.33 Å². The van der Waals surface area contributed by atoms with Crippen LogP contribution in [0.3, 0.4) is 0 Å². The predicted molar refractivity (Wildman–Crippen MR) is 229 cm³/mol. The molecule has 0 spiro atoms. The van der Waals surface area contributed by atoms with Gasteiger partial charge in [-0.3, -0.25) is 0 Å². The molecule has 5 heterocycles. The highest BCUT2D eigenvalue weighted by Crippen LogP contribution is 2.48. The maximum atomic E-state index is 9.50. The summed E-state index contributed by atoms with van der Waals surface area (Å²) in [6.45, 7) is 24.8. The summed E-state index contributed by atoms with van der Waals surface area (Å²) in [5.74, 6) is 3.75. The van der Waals surface area contributed by atoms with E-state index >= 15 is 0 Å². The quantitative estimate of drug-likeness (QED) is 0.126. The minimum atomic E-state index is -2.41. The number of thioether (sulfide) groups is 1. The van der Waals surface area contributed by atoms with Gasteiger partial charge in [0.25, 0.3) is 0 Å². The van der Waals surface area contributed by atoms with E-state index in [1.807, 2.05) is 43.5 Å². The molecule has 5 aromatic rings. The number of nitrogens with zero attached hydrogens (tertiary/aromatic N) is 5. The molecule has 12 nitrogen and oxygen atoms in total. The van der Waals surface area contributed by atoms with Crippen LogP contribution in [0.4, 0.5) is 5.82 Å². The minimum absolute atomic E-state index is 0.0615. The molecule has 0 unspecified atom stereocenters. The van der Waals surface area contributed by atoms with E-state index in [2.05, 4.69) is 88.5 Å². The molecule has 2 aliphatic rings. The number of nitrogens with two attached hydrogens (primary N) is 1. The molecule has 3 aromatic heterocycles. The van der Waals surface area contributed by atoms with E-state index < -0.39 is 29.0 Å². The molecule has 302 valence electrons. The number of nitriles is 1. The van der Waals surface area contributed by atoms with Gasteiger partial charge in [-0.25, -0.2) is 9.97 Å². The Hall–Kier alpha value is -4.18. The fraction of sp³-hybridized carbons (Fsp3) is 0.476. The lowest BCUT2D eigenvalue weighted by Gasteiger charge is -2.44. The Kier molecular flexibility index (Phi) is 10.9. The average Bonchev–Trinajstić information content (AvgIpc) is 3.93. The molecule has 0 amide bonds. The van der Waals surface area contributed by atoms with Crippen LogP contribution >= 0.6 is 11.8 Å². The van der Waals surface area contributed by atoms with Crippen molar-refractivity contribution in [1.82, 2.24) is 19.7 Å². The summed E-state index contributed by atoms with van der Waals surface area (Å²) < 4.78 is 41.3. The summed E-state index contributed by atoms with van der Waals surface area (Å²) in [6, 6.07) is 15.5. The van der Waals surface area contributed by atoms with Crippen LogP contribution in [-0.4, -0.2) is 67.2 Å². The lowest BCUT2D eigenvalue weighted by atomic mass is 10.0. The third kappa shape index (κ3) is 7.87. The van der Waals surface area contributed by atoms with E-state index in [1.54, 1.807) is 23.9 Å². The summed E-state index contributed by atoms with van der Waals surface area (Å²) in [6.07, 6.45) is 1.75. The van der Waals surface area contributed by atoms with E-state index in [-0.39, 0.29) is 29.1 Å². The van der Waals surface area contributed by atoms with E-state index in [9.17, 15) is 5.26 Å². The first-order valence-electron chi connectivity index (χ1n) is 19.4. The van der Waals surface area contributed by atoms with Crippen molar-refractivity contribution < 1.29 is 27.6 Å². The van der Waals surface area contributed by atoms with Gasteiger partial charge in [0.05, 0.1) is 28.8 Å². The van der Waals surface area contributed by atoms with Crippen LogP contribution in [0, 0.1) is 18.3 Å². The van der Waals surface area contributed by atoms with Crippen molar-refractivity contribution in [3.63, 3.8) is 0 Å². The zero-order valence-electron chi connectivity index (χ0n) is 34.8. The number of hydrogen-bond acceptors (Lipinski definition) is 12. The molecular formula is C42H54N6O6SSi2. The first kappa shape index (κ1) is 41.0. The van der Waals surface area contributed by atoms with Gasteiger partial charge < -0.3 is 37.9 Å². The summed E-state index contributed by atoms with van der Waals surface area (Å²) in [5.41, 5.74) is 12.3. The highest BCUT2D eigenvalue weighted by molar-refractivity contribution is 7.98. The molecule has 2 N–H and O–H groups in total. The van der Waals surface area contributed by atoms with E-state index in [0.717, 1.165) is 39.1 Å². The van der Waals surface area contributed by atoms with Crippen molar-refractivity contribution in [1.29, 1.82) is 5.26 Å². The van der Waals surface area contributed by atoms with Gasteiger partial charge in [0, 0.05) is 34.4 Å². The highest BCUT2D eigenvalue weighted by Gasteiger charge is 2.54. The largest absolute Gasteiger partial charge is 0.454 e. The fourth-order valence-corrected chi connectivity index (χ4v) is 10.5. The van der Waals surface area contributed by atoms with Crippen LogP contribution in [0.5, 0.6) is 11.5 Å². The second-order valence-corrected chi connectivity index (χ2v) is 28.5. The van der Waals surface area contributed by atoms with Crippen LogP contribution in [0.25, 0.3) is 33.5 Å². The molecule has 57 heavy (non-hydrogen) atoms. The summed E-state index contributed by atoms with van der Waals surface area (Å²) >= 11 is 1.76. The Bertz CT molecular complexity index is 2310. The van der Waals surface area contributed by atoms with Crippen LogP contribution in [0.2, 0.25) is 36.3 Å². The van der Waals surface area contributed by atoms with Gasteiger partial charge in [-0.05, 0) is 79.1 Å². The third-order valence-corrected chi connectivity index (χ3v) is 22.1. The number of anilines is 1. The number of ether oxygens (including phenoxy) is 3. The molecule has 0 bridgehead atoms. The second-order valence-electron chi connectivity index (χ2n) is 18.0. The van der Waals surface area contributed by atoms with Gasteiger partial charge in [0.2, 0.25) is 6.79 Å². The molecule has 4 atom stereocenters. The van der Waals surface area contributed by atoms with Gasteiger partial charge in [0.1, 0.15) is 30.0 Å². The van der Waals surface area contributed by atoms with Crippen molar-refractivity contribution in [2.75, 3.05) is 18.3 Å². The molecule has 0 aliphatic carbocycles. The standard InChI is InChI=1S/C42H54N6O6SSi2/c1-25-30(35(52-47-25)28-16-17-31-32(18-28)50-24-49-31)21-55-22-33-36(53-56(8,9)41(2,3)4)37(54-57(10,11)42(5,6)7)40(51-33)48-20-29(27-14-12-26(19-43)13-15-27)34-38(44)45-23-46-39(34)48/h12-18,20,23,33,36-37,40H,21-22,24H2,1-11H3,(H2,44,45,46)/t33-,36-,37-,40-/m1/s1. The average molecular weight is 827 g/mol. The SMILES string of the molecule is Cc1noc(-c2ccc3c(c2)OCO3)c1CSC[C@H]1O[C@@H](n2cc(-c3ccc(C#N)cc3)c3c(N)ncnc32)[C@H](O[Si](C)(C)C(C)(C)C)[C@@H]1O[Si](C)(C)C(C)(C)C. The Morgan fingerprint density at radius 1 is 0.912 bits per heavy atom. The van der Waals surface area contributed by atoms with Crippen LogP contribution in [0.15, 0.2) is 59.5 Å². The summed E-state index contributed by atoms with van der Waals surface area (Å²) in [4.78, 5) is 9.19. The van der Waals surface area contributed by atoms with Crippen LogP contribution in [0.1, 0.15) is 64.6 Å². The monoisotopic (exact) mass is 826 g/mol. The topological polar surface area (TPSA) is 153 Å². The molecule has 15 heteroatoms. The Balaban J connectivity index is 1.29. The maximum absolute atomic E-state index is 9.50. The van der Waals surface area contributed by atoms with Crippen LogP contribution < -0.4 is 15.2 Å². The first-order chi connectivity index (χ1) is 26.8. The predicted octanol–water partition coefficient (Wildman–Crippen LogP) is 9.86. The first-order valence-corrected chi connectivity index (χ1v) is 26.3. The number of aromatic nitrogens is 4. The fourth-order valence-electron chi connectivity index (χ4n) is 6.71. The molecule has 2 aromatic carbocycles. The third-order valence-electron chi connectivity index (χ3n) is 12.1. The number of rotatable bonds is 11. The molecule has 7 rings (SSSR count). The molecule has 0 saturated carbocycles. The van der Waals surface area contributed by atoms with Gasteiger partial charge in [0.15, 0.2) is 40.1 Å². The van der Waals surface area contributed by atoms with Gasteiger partial charge in [-0.1, -0.05) is 58.8 Å². The van der Waals surface area contributed by atoms with Crippen molar-refractivity contribution in [3.8, 4) is 40.0 Å². The minimum Gasteiger partial charge on any atom is -0.454 e. The highest BCUT2D eigenvalue weighted by atomic mass is 32.2. The number of nitrogen functional groups attached to an aromatic ring is 1. The molecule has 1 saturated heterocycles. The van der Waals surface area contributed by atoms with E-state index in [0.29, 0.717) is 40.0 Å². The van der Waals surface area contributed by atoms with Gasteiger partial charge >= 0.3 is 0 Å². The smallest absolute Gasteiger partial charge is 0.231 e. The number of hydrogen-bond donors (Lipinski definition) is 1. The van der Waals surface area contributed by atoms with Crippen molar-refractivity contribution >= 4 is 45.2 Å². The molecule has 0 radical (unpaired) electrons. The van der Waals surface area contributed by atoms with Crippen molar-refractivity contribution in [2.24, 2.45) is 0 Å². The number of fused-ring (bicyclic) bond motifs is 2. The Morgan fingerprint density at radius 2 is 1.56 bits per heavy atom. The van der Waals surface area contributed by atoms with Gasteiger partial charge in [-0.15, -0.1) is 0 Å². The molecule has 1 fully saturated rings. The summed E-state index contributed by atoms with van der Waals surface area (Å²) in [5, 5.41) is 14.4. The lowest BCUT2D eigenvalue weighted by Crippen LogP contribution is -2.53. The number of aryl methyl sites for hydroxylation is 1. The van der Waals surface area contributed by atoms with E-state index in [4.69, 9.17) is 38.3 Å². The van der Waals surface area contributed by atoms with Gasteiger partial charge in [-0.2, -0.15) is 17.0 Å². The van der Waals surface area contributed by atoms with Crippen molar-refractivity contribution in [2.45, 2.75) is 115 Å². The summed E-state index contributed by atoms with van der Waals surface area (Å²) in [7, 11) is -4.78. The zero-order valence-corrected chi connectivity index (χ0v) is 37.6. The molecular weight excluding hydrogens is 773 g/mol. The zero-order chi connectivity index (χ0) is 41.1. The lowest BCUT2D eigenvalue weighted by molar-refractivity contribution is -0.0243. The van der Waals surface area contributed by atoms with Crippen LogP contribution in [-0.2, 0) is 19.3 Å². The van der Waals surface area contributed by atoms with Crippen molar-refractivity contribution in [3.05, 3.63) is 71.8 Å². The number of benzene rings is 2. The Morgan fingerprint density at radius 3 is 2.23 bits per heavy atom. The maximum Gasteiger partial charge on any atom is 0.231 e. The normalized spacial score (nSPS) is 20.0. The Labute approximate surface area is 341 Å².